The highest BCUT2D eigenvalue weighted by atomic mass is 31.1. The van der Waals surface area contributed by atoms with Crippen molar-refractivity contribution in [3.8, 4) is 0 Å². The Labute approximate surface area is 139 Å². The predicted molar refractivity (Wildman–Crippen MR) is 96.6 cm³/mol. The zero-order valence-corrected chi connectivity index (χ0v) is 16.8. The van der Waals surface area contributed by atoms with E-state index in [1.807, 2.05) is 0 Å². The van der Waals surface area contributed by atoms with Crippen LogP contribution in [0.25, 0.3) is 0 Å². The first-order chi connectivity index (χ1) is 10.4. The molecule has 0 aliphatic carbocycles. The third-order valence-electron chi connectivity index (χ3n) is 3.96. The summed E-state index contributed by atoms with van der Waals surface area (Å²) in [4.78, 5) is 2.44. The van der Waals surface area contributed by atoms with Crippen LogP contribution in [0.4, 0.5) is 0 Å². The number of hydrogen-bond donors (Lipinski definition) is 0. The van der Waals surface area contributed by atoms with Crippen molar-refractivity contribution in [3.63, 3.8) is 0 Å². The molecule has 0 spiro atoms. The molecule has 0 N–H and O–H groups in total. The molecule has 0 rings (SSSR count). The molecular formula is C17H39NO3P+. The Bertz CT molecular complexity index is 230. The largest absolute Gasteiger partial charge is 0.697 e. The van der Waals surface area contributed by atoms with Gasteiger partial charge in [0.25, 0.3) is 0 Å². The maximum Gasteiger partial charge on any atom is 0.697 e. The van der Waals surface area contributed by atoms with Crippen LogP contribution >= 0.6 is 8.25 Å². The second kappa shape index (κ2) is 17.3. The zero-order chi connectivity index (χ0) is 17.4. The van der Waals surface area contributed by atoms with Gasteiger partial charge in [-0.15, -0.1) is 9.05 Å². The van der Waals surface area contributed by atoms with Gasteiger partial charge in [0, 0.05) is 16.6 Å². The van der Waals surface area contributed by atoms with Gasteiger partial charge in [0.1, 0.15) is 13.2 Å². The number of hydrogen-bond acceptors (Lipinski definition) is 4. The van der Waals surface area contributed by atoms with E-state index < -0.39 is 8.25 Å². The molecule has 0 saturated carbocycles. The quantitative estimate of drug-likeness (QED) is 0.334. The maximum absolute atomic E-state index is 10.9. The van der Waals surface area contributed by atoms with Crippen LogP contribution in [0.3, 0.4) is 0 Å². The lowest BCUT2D eigenvalue weighted by Gasteiger charge is -2.29. The minimum Gasteiger partial charge on any atom is -0.301 e. The van der Waals surface area contributed by atoms with Crippen LogP contribution < -0.4 is 0 Å². The molecule has 0 aromatic rings. The molecule has 0 aromatic heterocycles. The zero-order valence-electron chi connectivity index (χ0n) is 15.9. The molecule has 0 aromatic carbocycles. The minimum atomic E-state index is -1.85. The standard InChI is InChI=1S/C9H21N.C8H18O3P/c1-6-8(3)10(5)9(4)7-2;1-3-5-7-10-12(9)11-8-6-4-2/h8-9H,6-7H2,1-5H3;3-8H2,1-2H3/q;+1. The van der Waals surface area contributed by atoms with E-state index in [9.17, 15) is 4.57 Å². The number of rotatable bonds is 12. The van der Waals surface area contributed by atoms with Crippen LogP contribution in [-0.2, 0) is 13.6 Å². The third-order valence-corrected chi connectivity index (χ3v) is 4.75. The summed E-state index contributed by atoms with van der Waals surface area (Å²) in [7, 11) is 0.357. The smallest absolute Gasteiger partial charge is 0.301 e. The highest BCUT2D eigenvalue weighted by Crippen LogP contribution is 2.24. The first-order valence-electron chi connectivity index (χ1n) is 8.89. The lowest BCUT2D eigenvalue weighted by atomic mass is 10.1. The molecule has 0 heterocycles. The van der Waals surface area contributed by atoms with Gasteiger partial charge >= 0.3 is 8.25 Å². The van der Waals surface area contributed by atoms with Crippen LogP contribution in [0.1, 0.15) is 80.1 Å². The van der Waals surface area contributed by atoms with E-state index in [2.05, 4.69) is 53.5 Å². The highest BCUT2D eigenvalue weighted by Gasteiger charge is 2.18. The molecule has 134 valence electrons. The summed E-state index contributed by atoms with van der Waals surface area (Å²) in [6, 6.07) is 1.46. The second-order valence-electron chi connectivity index (χ2n) is 5.78. The molecule has 0 amide bonds. The highest BCUT2D eigenvalue weighted by molar-refractivity contribution is 7.33. The monoisotopic (exact) mass is 336 g/mol. The van der Waals surface area contributed by atoms with Gasteiger partial charge in [-0.2, -0.15) is 0 Å². The van der Waals surface area contributed by atoms with Crippen molar-refractivity contribution in [3.05, 3.63) is 0 Å². The third kappa shape index (κ3) is 14.9. The van der Waals surface area contributed by atoms with Gasteiger partial charge in [-0.1, -0.05) is 40.5 Å². The lowest BCUT2D eigenvalue weighted by Crippen LogP contribution is -2.35. The molecule has 2 atom stereocenters. The normalized spacial score (nSPS) is 13.5. The fraction of sp³-hybridized carbons (Fsp3) is 1.00. The summed E-state index contributed by atoms with van der Waals surface area (Å²) in [6.07, 6.45) is 6.49. The Hall–Kier alpha value is -0.0200. The molecule has 0 aliphatic heterocycles. The average molecular weight is 336 g/mol. The van der Waals surface area contributed by atoms with Crippen LogP contribution in [0.15, 0.2) is 0 Å². The van der Waals surface area contributed by atoms with Crippen molar-refractivity contribution in [1.29, 1.82) is 0 Å². The van der Waals surface area contributed by atoms with Crippen LogP contribution in [0.2, 0.25) is 0 Å². The van der Waals surface area contributed by atoms with Crippen molar-refractivity contribution < 1.29 is 13.6 Å². The molecule has 0 saturated heterocycles. The van der Waals surface area contributed by atoms with E-state index in [-0.39, 0.29) is 0 Å². The van der Waals surface area contributed by atoms with E-state index in [0.717, 1.165) is 37.8 Å². The summed E-state index contributed by atoms with van der Waals surface area (Å²) < 4.78 is 20.7. The second-order valence-corrected chi connectivity index (χ2v) is 6.74. The first kappa shape index (κ1) is 24.2. The Balaban J connectivity index is 0. The van der Waals surface area contributed by atoms with Crippen LogP contribution in [0.5, 0.6) is 0 Å². The van der Waals surface area contributed by atoms with Crippen molar-refractivity contribution in [2.45, 2.75) is 92.2 Å². The van der Waals surface area contributed by atoms with Gasteiger partial charge in [-0.05, 0) is 46.6 Å². The van der Waals surface area contributed by atoms with Gasteiger partial charge in [0.2, 0.25) is 0 Å². The summed E-state index contributed by atoms with van der Waals surface area (Å²) in [5.74, 6) is 0. The molecule has 0 aliphatic rings. The number of unbranched alkanes of at least 4 members (excludes halogenated alkanes) is 2. The van der Waals surface area contributed by atoms with Crippen LogP contribution in [0, 0.1) is 0 Å². The molecule has 0 fully saturated rings. The minimum absolute atomic E-state index is 0.540. The number of nitrogens with zero attached hydrogens (tertiary/aromatic N) is 1. The fourth-order valence-corrected chi connectivity index (χ4v) is 2.25. The van der Waals surface area contributed by atoms with Gasteiger partial charge in [0.15, 0.2) is 0 Å². The Morgan fingerprint density at radius 1 is 0.864 bits per heavy atom. The summed E-state index contributed by atoms with van der Waals surface area (Å²) >= 11 is 0. The maximum atomic E-state index is 10.9. The van der Waals surface area contributed by atoms with Gasteiger partial charge in [-0.3, -0.25) is 0 Å². The summed E-state index contributed by atoms with van der Waals surface area (Å²) in [6.45, 7) is 14.3. The Morgan fingerprint density at radius 2 is 1.23 bits per heavy atom. The molecule has 22 heavy (non-hydrogen) atoms. The van der Waals surface area contributed by atoms with Crippen LogP contribution in [-0.4, -0.2) is 37.2 Å². The lowest BCUT2D eigenvalue weighted by molar-refractivity contribution is 0.187. The van der Waals surface area contributed by atoms with Gasteiger partial charge < -0.3 is 4.90 Å². The SMILES string of the molecule is CCC(C)N(C)C(C)CC.CCCCO[P+](=O)OCCCC. The summed E-state index contributed by atoms with van der Waals surface area (Å²) in [5, 5.41) is 0. The topological polar surface area (TPSA) is 38.8 Å². The molecular weight excluding hydrogens is 297 g/mol. The average Bonchev–Trinajstić information content (AvgIpc) is 2.53. The predicted octanol–water partition coefficient (Wildman–Crippen LogP) is 5.79. The van der Waals surface area contributed by atoms with Crippen molar-refractivity contribution >= 4 is 8.25 Å². The van der Waals surface area contributed by atoms with E-state index >= 15 is 0 Å². The van der Waals surface area contributed by atoms with Gasteiger partial charge in [-0.25, -0.2) is 0 Å². The molecule has 4 nitrogen and oxygen atoms in total. The molecule has 0 radical (unpaired) electrons. The van der Waals surface area contributed by atoms with Gasteiger partial charge in [0.05, 0.1) is 0 Å². The Morgan fingerprint density at radius 3 is 1.50 bits per heavy atom. The fourth-order valence-electron chi connectivity index (χ4n) is 1.61. The van der Waals surface area contributed by atoms with E-state index in [4.69, 9.17) is 9.05 Å². The van der Waals surface area contributed by atoms with Crippen molar-refractivity contribution in [2.75, 3.05) is 20.3 Å². The first-order valence-corrected chi connectivity index (χ1v) is 9.98. The Kier molecular flexibility index (Phi) is 19.1. The van der Waals surface area contributed by atoms with E-state index in [1.165, 1.54) is 12.8 Å². The molecule has 0 bridgehead atoms. The van der Waals surface area contributed by atoms with E-state index in [1.54, 1.807) is 0 Å². The molecule has 2 unspecified atom stereocenters. The van der Waals surface area contributed by atoms with Crippen molar-refractivity contribution in [2.24, 2.45) is 0 Å². The summed E-state index contributed by atoms with van der Waals surface area (Å²) in [5.41, 5.74) is 0. The van der Waals surface area contributed by atoms with Crippen molar-refractivity contribution in [1.82, 2.24) is 4.90 Å². The molecule has 5 heteroatoms. The van der Waals surface area contributed by atoms with E-state index in [0.29, 0.717) is 13.2 Å².